The van der Waals surface area contributed by atoms with Gasteiger partial charge in [-0.25, -0.2) is 0 Å². The Kier molecular flexibility index (Phi) is 4.78. The molecule has 1 atom stereocenters. The summed E-state index contributed by atoms with van der Waals surface area (Å²) in [6.07, 6.45) is 2.55. The Hall–Kier alpha value is -0.870. The van der Waals surface area contributed by atoms with Crippen molar-refractivity contribution in [2.24, 2.45) is 0 Å². The number of aromatic nitrogens is 2. The Labute approximate surface area is 91.3 Å². The second-order valence-electron chi connectivity index (χ2n) is 4.20. The molecule has 86 valence electrons. The van der Waals surface area contributed by atoms with Crippen molar-refractivity contribution in [3.05, 3.63) is 18.0 Å². The van der Waals surface area contributed by atoms with Gasteiger partial charge in [0.2, 0.25) is 0 Å². The summed E-state index contributed by atoms with van der Waals surface area (Å²) in [7, 11) is 0. The van der Waals surface area contributed by atoms with E-state index in [1.807, 2.05) is 16.9 Å². The molecule has 0 spiro atoms. The molecule has 0 aromatic carbocycles. The molecule has 0 saturated carbocycles. The van der Waals surface area contributed by atoms with E-state index in [0.29, 0.717) is 6.04 Å². The van der Waals surface area contributed by atoms with Crippen LogP contribution in [-0.4, -0.2) is 27.5 Å². The fraction of sp³-hybridized carbons (Fsp3) is 0.727. The van der Waals surface area contributed by atoms with Crippen LogP contribution in [0.15, 0.2) is 12.3 Å². The molecule has 1 aromatic rings. The minimum atomic E-state index is -0.231. The fourth-order valence-corrected chi connectivity index (χ4v) is 1.29. The van der Waals surface area contributed by atoms with Crippen molar-refractivity contribution in [3.8, 4) is 0 Å². The number of rotatable bonds is 6. The summed E-state index contributed by atoms with van der Waals surface area (Å²) in [5.74, 6) is 0. The number of nitrogens with zero attached hydrogens (tertiary/aromatic N) is 2. The second-order valence-corrected chi connectivity index (χ2v) is 4.20. The first-order valence-electron chi connectivity index (χ1n) is 5.52. The molecular formula is C11H21N3O. The zero-order valence-electron chi connectivity index (χ0n) is 9.77. The number of hydrogen-bond donors (Lipinski definition) is 2. The molecule has 0 fully saturated rings. The number of nitrogens with one attached hydrogen (secondary N) is 1. The van der Waals surface area contributed by atoms with Crippen molar-refractivity contribution in [1.29, 1.82) is 0 Å². The normalized spacial score (nSPS) is 13.4. The lowest BCUT2D eigenvalue weighted by atomic mass is 10.3. The summed E-state index contributed by atoms with van der Waals surface area (Å²) in [5.41, 5.74) is 1.05. The molecular weight excluding hydrogens is 190 g/mol. The van der Waals surface area contributed by atoms with Crippen LogP contribution >= 0.6 is 0 Å². The van der Waals surface area contributed by atoms with Crippen molar-refractivity contribution < 1.29 is 5.11 Å². The van der Waals surface area contributed by atoms with Gasteiger partial charge in [-0.05, 0) is 39.8 Å². The average molecular weight is 211 g/mol. The Morgan fingerprint density at radius 3 is 2.73 bits per heavy atom. The topological polar surface area (TPSA) is 50.1 Å². The molecule has 2 N–H and O–H groups in total. The molecule has 0 radical (unpaired) electrons. The van der Waals surface area contributed by atoms with Crippen LogP contribution < -0.4 is 5.32 Å². The lowest BCUT2D eigenvalue weighted by Crippen LogP contribution is -2.19. The largest absolute Gasteiger partial charge is 0.393 e. The maximum absolute atomic E-state index is 9.07. The lowest BCUT2D eigenvalue weighted by Gasteiger charge is -2.05. The highest BCUT2D eigenvalue weighted by atomic mass is 16.3. The second kappa shape index (κ2) is 5.88. The van der Waals surface area contributed by atoms with Gasteiger partial charge in [0, 0.05) is 18.8 Å². The van der Waals surface area contributed by atoms with Gasteiger partial charge in [0.05, 0.1) is 11.8 Å². The van der Waals surface area contributed by atoms with E-state index in [1.165, 1.54) is 0 Å². The Morgan fingerprint density at radius 1 is 1.47 bits per heavy atom. The summed E-state index contributed by atoms with van der Waals surface area (Å²) < 4.78 is 1.95. The minimum Gasteiger partial charge on any atom is -0.393 e. The van der Waals surface area contributed by atoms with Gasteiger partial charge in [-0.3, -0.25) is 4.68 Å². The van der Waals surface area contributed by atoms with Crippen molar-refractivity contribution in [2.75, 3.05) is 6.54 Å². The summed E-state index contributed by atoms with van der Waals surface area (Å²) in [6, 6.07) is 2.44. The molecule has 1 unspecified atom stereocenters. The Balaban J connectivity index is 2.26. The van der Waals surface area contributed by atoms with Crippen molar-refractivity contribution in [3.63, 3.8) is 0 Å². The highest BCUT2D eigenvalue weighted by Gasteiger charge is 2.01. The molecule has 0 bridgehead atoms. The summed E-state index contributed by atoms with van der Waals surface area (Å²) in [5, 5.41) is 16.7. The van der Waals surface area contributed by atoms with E-state index in [1.54, 1.807) is 6.92 Å². The van der Waals surface area contributed by atoms with Gasteiger partial charge in [-0.15, -0.1) is 0 Å². The van der Waals surface area contributed by atoms with Gasteiger partial charge >= 0.3 is 0 Å². The zero-order valence-corrected chi connectivity index (χ0v) is 9.77. The van der Waals surface area contributed by atoms with Crippen LogP contribution in [-0.2, 0) is 6.54 Å². The summed E-state index contributed by atoms with van der Waals surface area (Å²) in [6.45, 7) is 7.61. The highest BCUT2D eigenvalue weighted by molar-refractivity contribution is 4.98. The van der Waals surface area contributed by atoms with Crippen LogP contribution in [0.25, 0.3) is 0 Å². The first-order valence-corrected chi connectivity index (χ1v) is 5.52. The molecule has 15 heavy (non-hydrogen) atoms. The number of aliphatic hydroxyl groups is 1. The van der Waals surface area contributed by atoms with Gasteiger partial charge in [0.1, 0.15) is 0 Å². The molecule has 0 aliphatic rings. The molecule has 4 nitrogen and oxygen atoms in total. The van der Waals surface area contributed by atoms with E-state index in [9.17, 15) is 0 Å². The Morgan fingerprint density at radius 2 is 2.20 bits per heavy atom. The zero-order chi connectivity index (χ0) is 11.3. The van der Waals surface area contributed by atoms with Crippen LogP contribution in [0.5, 0.6) is 0 Å². The van der Waals surface area contributed by atoms with Gasteiger partial charge in [-0.2, -0.15) is 5.10 Å². The summed E-state index contributed by atoms with van der Waals surface area (Å²) in [4.78, 5) is 0. The maximum atomic E-state index is 9.07. The molecule has 1 rings (SSSR count). The fourth-order valence-electron chi connectivity index (χ4n) is 1.29. The summed E-state index contributed by atoms with van der Waals surface area (Å²) >= 11 is 0. The SMILES string of the molecule is CC(O)CCNCc1ccn(C(C)C)n1. The molecule has 0 saturated heterocycles. The van der Waals surface area contributed by atoms with Crippen molar-refractivity contribution in [2.45, 2.75) is 45.9 Å². The molecule has 0 amide bonds. The molecule has 0 aliphatic heterocycles. The van der Waals surface area contributed by atoms with Crippen molar-refractivity contribution in [1.82, 2.24) is 15.1 Å². The van der Waals surface area contributed by atoms with Gasteiger partial charge < -0.3 is 10.4 Å². The van der Waals surface area contributed by atoms with Crippen LogP contribution in [0.4, 0.5) is 0 Å². The lowest BCUT2D eigenvalue weighted by molar-refractivity contribution is 0.183. The minimum absolute atomic E-state index is 0.231. The van der Waals surface area contributed by atoms with E-state index in [2.05, 4.69) is 24.3 Å². The molecule has 1 aromatic heterocycles. The predicted molar refractivity (Wildman–Crippen MR) is 60.6 cm³/mol. The smallest absolute Gasteiger partial charge is 0.0762 e. The van der Waals surface area contributed by atoms with E-state index < -0.39 is 0 Å². The van der Waals surface area contributed by atoms with E-state index in [-0.39, 0.29) is 6.10 Å². The van der Waals surface area contributed by atoms with E-state index in [0.717, 1.165) is 25.2 Å². The number of aliphatic hydroxyl groups excluding tert-OH is 1. The number of hydrogen-bond acceptors (Lipinski definition) is 3. The third-order valence-corrected chi connectivity index (χ3v) is 2.24. The first kappa shape index (κ1) is 12.2. The van der Waals surface area contributed by atoms with Gasteiger partial charge in [0.25, 0.3) is 0 Å². The molecule has 4 heteroatoms. The third kappa shape index (κ3) is 4.44. The van der Waals surface area contributed by atoms with Crippen LogP contribution in [0.3, 0.4) is 0 Å². The quantitative estimate of drug-likeness (QED) is 0.698. The average Bonchev–Trinajstić information content (AvgIpc) is 2.60. The van der Waals surface area contributed by atoms with Gasteiger partial charge in [-0.1, -0.05) is 0 Å². The molecule has 0 aliphatic carbocycles. The van der Waals surface area contributed by atoms with Crippen LogP contribution in [0.2, 0.25) is 0 Å². The Bertz CT molecular complexity index is 281. The van der Waals surface area contributed by atoms with E-state index in [4.69, 9.17) is 5.11 Å². The van der Waals surface area contributed by atoms with Crippen LogP contribution in [0, 0.1) is 0 Å². The van der Waals surface area contributed by atoms with E-state index >= 15 is 0 Å². The highest BCUT2D eigenvalue weighted by Crippen LogP contribution is 2.03. The van der Waals surface area contributed by atoms with Crippen LogP contribution in [0.1, 0.15) is 38.9 Å². The predicted octanol–water partition coefficient (Wildman–Crippen LogP) is 1.32. The third-order valence-electron chi connectivity index (χ3n) is 2.24. The van der Waals surface area contributed by atoms with Gasteiger partial charge in [0.15, 0.2) is 0 Å². The monoisotopic (exact) mass is 211 g/mol. The maximum Gasteiger partial charge on any atom is 0.0762 e. The first-order chi connectivity index (χ1) is 7.09. The molecule has 1 heterocycles. The van der Waals surface area contributed by atoms with Crippen molar-refractivity contribution >= 4 is 0 Å². The standard InChI is InChI=1S/C11H21N3O/c1-9(2)14-7-5-11(13-14)8-12-6-4-10(3)15/h5,7,9-10,12,15H,4,6,8H2,1-3H3.